The van der Waals surface area contributed by atoms with Gasteiger partial charge >= 0.3 is 0 Å². The quantitative estimate of drug-likeness (QED) is 0.0787. The van der Waals surface area contributed by atoms with Crippen LogP contribution in [-0.4, -0.2) is 56.9 Å². The van der Waals surface area contributed by atoms with Crippen LogP contribution in [-0.2, 0) is 23.7 Å². The Labute approximate surface area is 625 Å². The number of benzene rings is 6. The van der Waals surface area contributed by atoms with E-state index in [1.807, 2.05) is 68.0 Å². The maximum atomic E-state index is 6.45. The number of methoxy groups -OCH3 is 8. The minimum atomic E-state index is -0.537. The zero-order chi connectivity index (χ0) is 70.5. The molecule has 2 unspecified atom stereocenters. The molecule has 26 bridgehead atoms. The summed E-state index contributed by atoms with van der Waals surface area (Å²) in [6.45, 7) is 4.58. The summed E-state index contributed by atoms with van der Waals surface area (Å²) >= 11 is 11.1. The van der Waals surface area contributed by atoms with Gasteiger partial charge in [0.05, 0.1) is 78.8 Å². The molecule has 0 saturated heterocycles. The lowest BCUT2D eigenvalue weighted by atomic mass is 9.78. The van der Waals surface area contributed by atoms with Gasteiger partial charge in [-0.15, -0.1) is 68.0 Å². The minimum absolute atomic E-state index is 0.537. The van der Waals surface area contributed by atoms with Crippen molar-refractivity contribution in [1.82, 2.24) is 0 Å². The number of unbranched alkanes of at least 4 members (excludes halogenated alkanes) is 6. The standard InChI is InChI=1S/C88H86O8S6/c1-11-13-15-17-45-87-79-39-33-73(97-79)61-29-27-59(65(53-61)89-3)25-22-56-24-32-64(68(48-56)92-6)76-36-42-82(100-76)88(46-18-16-14-12-2,80-40-34-74(98-80)62-30-28-60(66(54-62)90-4)26-21-55-23-31-63(67(47-55)91-5)75-35-41-81(87)99-75)84-44-38-78(102-84)86-71(95-9)51-58(52-72(86)96-10)20-19-57-49-69(93-7)85(70(50-57)94-8)77-37-43-83(87)101-77/h21-44,47-54H,11-20,45-46H2,1-10H3/b25-22-,26-21?. The number of thiophene rings is 6. The van der Waals surface area contributed by atoms with E-state index in [-0.39, 0.29) is 0 Å². The van der Waals surface area contributed by atoms with E-state index < -0.39 is 10.8 Å². The molecule has 27 heterocycles. The Bertz CT molecular complexity index is 4660. The summed E-state index contributed by atoms with van der Waals surface area (Å²) in [6.07, 6.45) is 20.7. The topological polar surface area (TPSA) is 73.8 Å². The first-order valence-corrected chi connectivity index (χ1v) is 40.1. The molecular weight excluding hydrogens is 1380 g/mol. The molecule has 102 heavy (non-hydrogen) atoms. The van der Waals surface area contributed by atoms with Gasteiger partial charge in [0.25, 0.3) is 0 Å². The average molecular weight is 1460 g/mol. The first kappa shape index (κ1) is 70.4. The lowest BCUT2D eigenvalue weighted by Crippen LogP contribution is -2.26. The average Bonchev–Trinajstić information content (AvgIpc) is 1.58. The minimum Gasteiger partial charge on any atom is -0.496 e. The molecule has 8 nitrogen and oxygen atoms in total. The summed E-state index contributed by atoms with van der Waals surface area (Å²) < 4.78 is 51.1. The molecule has 21 aliphatic heterocycles. The van der Waals surface area contributed by atoms with Crippen molar-refractivity contribution in [2.45, 2.75) is 102 Å². The normalized spacial score (nSPS) is 15.6. The predicted molar refractivity (Wildman–Crippen MR) is 433 cm³/mol. The number of aryl methyl sites for hydroxylation is 2. The van der Waals surface area contributed by atoms with Crippen molar-refractivity contribution < 1.29 is 37.9 Å². The Morgan fingerprint density at radius 3 is 0.951 bits per heavy atom. The van der Waals surface area contributed by atoms with Gasteiger partial charge in [0.1, 0.15) is 46.0 Å². The molecule has 522 valence electrons. The molecule has 21 aliphatic rings. The Morgan fingerprint density at radius 1 is 0.284 bits per heavy atom. The first-order chi connectivity index (χ1) is 50.0. The van der Waals surface area contributed by atoms with Crippen molar-refractivity contribution in [2.75, 3.05) is 56.9 Å². The molecule has 0 amide bonds. The largest absolute Gasteiger partial charge is 0.496 e. The number of ether oxygens (including phenoxy) is 8. The third-order valence-electron chi connectivity index (χ3n) is 20.2. The lowest BCUT2D eigenvalue weighted by Gasteiger charge is -2.32. The molecule has 12 aromatic rings. The highest BCUT2D eigenvalue weighted by Crippen LogP contribution is 2.58. The van der Waals surface area contributed by atoms with E-state index in [0.29, 0.717) is 12.8 Å². The summed E-state index contributed by atoms with van der Waals surface area (Å²) in [5.74, 6) is 6.28. The summed E-state index contributed by atoms with van der Waals surface area (Å²) in [5, 5.41) is 0. The van der Waals surface area contributed by atoms with Crippen molar-refractivity contribution >= 4 is 92.3 Å². The summed E-state index contributed by atoms with van der Waals surface area (Å²) in [7, 11) is 14.2. The molecule has 14 heteroatoms. The van der Waals surface area contributed by atoms with Crippen LogP contribution in [0.15, 0.2) is 170 Å². The second-order valence-electron chi connectivity index (χ2n) is 26.2. The van der Waals surface area contributed by atoms with Gasteiger partial charge in [-0.1, -0.05) is 126 Å². The smallest absolute Gasteiger partial charge is 0.131 e. The molecule has 6 aromatic heterocycles. The zero-order valence-electron chi connectivity index (χ0n) is 59.7. The third kappa shape index (κ3) is 13.6. The predicted octanol–water partition coefficient (Wildman–Crippen LogP) is 25.5. The van der Waals surface area contributed by atoms with Gasteiger partial charge in [-0.2, -0.15) is 0 Å². The van der Waals surface area contributed by atoms with Crippen LogP contribution in [0, 0.1) is 0 Å². The molecular formula is C88H86O8S6. The summed E-state index contributed by atoms with van der Waals surface area (Å²) in [5.41, 5.74) is 11.3. The number of hydrogen-bond donors (Lipinski definition) is 0. The van der Waals surface area contributed by atoms with Crippen molar-refractivity contribution in [3.8, 4) is 109 Å². The monoisotopic (exact) mass is 1460 g/mol. The van der Waals surface area contributed by atoms with E-state index >= 15 is 0 Å². The number of rotatable bonds is 18. The highest BCUT2D eigenvalue weighted by molar-refractivity contribution is 7.20. The molecule has 2 atom stereocenters. The lowest BCUT2D eigenvalue weighted by molar-refractivity contribution is 0.395. The van der Waals surface area contributed by atoms with Gasteiger partial charge in [-0.05, 0) is 193 Å². The van der Waals surface area contributed by atoms with Crippen molar-refractivity contribution in [3.63, 3.8) is 0 Å². The van der Waals surface area contributed by atoms with Crippen molar-refractivity contribution in [2.24, 2.45) is 0 Å². The van der Waals surface area contributed by atoms with Crippen LogP contribution in [0.4, 0.5) is 0 Å². The molecule has 0 N–H and O–H groups in total. The van der Waals surface area contributed by atoms with Crippen molar-refractivity contribution in [1.29, 1.82) is 0 Å². The van der Waals surface area contributed by atoms with Gasteiger partial charge in [0, 0.05) is 80.8 Å². The molecule has 0 radical (unpaired) electrons. The maximum absolute atomic E-state index is 6.45. The van der Waals surface area contributed by atoms with Gasteiger partial charge in [0.2, 0.25) is 0 Å². The maximum Gasteiger partial charge on any atom is 0.131 e. The molecule has 0 spiro atoms. The molecule has 0 saturated carbocycles. The van der Waals surface area contributed by atoms with Gasteiger partial charge in [-0.25, -0.2) is 0 Å². The Balaban J connectivity index is 1.03. The fourth-order valence-electron chi connectivity index (χ4n) is 14.8. The van der Waals surface area contributed by atoms with Gasteiger partial charge in [-0.3, -0.25) is 0 Å². The molecule has 33 rings (SSSR count). The van der Waals surface area contributed by atoms with E-state index in [0.717, 1.165) is 206 Å². The fourth-order valence-corrected chi connectivity index (χ4v) is 22.8. The first-order valence-electron chi connectivity index (χ1n) is 35.2. The second-order valence-corrected chi connectivity index (χ2v) is 32.7. The van der Waals surface area contributed by atoms with E-state index in [1.165, 1.54) is 29.3 Å². The van der Waals surface area contributed by atoms with Crippen LogP contribution < -0.4 is 37.9 Å². The van der Waals surface area contributed by atoms with Crippen LogP contribution in [0.25, 0.3) is 86.9 Å². The Kier molecular flexibility index (Phi) is 21.5. The van der Waals surface area contributed by atoms with Crippen LogP contribution in [0.1, 0.15) is 141 Å². The molecule has 6 aromatic carbocycles. The summed E-state index contributed by atoms with van der Waals surface area (Å²) in [6, 6.07) is 63.3. The Hall–Kier alpha value is -8.60. The SMILES string of the molecule is CCCCCCC12c3ccc(s3)-c3ccc(c(OC)c3)/C=C\c3ccc(c(OC)c3)-c3ccc(s3)C(CCCCCC)(c3ccc(s3)-c3ccc(c(OC)c3)C=Cc3ccc(c(OC)c3)-c3ccc1s3)c1ccc(s1)-c1c(OC)cc(cc1OC)CCc1cc(OC)c(c(OC)c1)-c1ccc2s1. The second kappa shape index (κ2) is 31.2. The van der Waals surface area contributed by atoms with Crippen LogP contribution in [0.3, 0.4) is 0 Å². The van der Waals surface area contributed by atoms with E-state index in [1.54, 1.807) is 56.9 Å². The molecule has 0 aliphatic carbocycles. The van der Waals surface area contributed by atoms with E-state index in [4.69, 9.17) is 37.9 Å². The highest BCUT2D eigenvalue weighted by atomic mass is 32.1. The van der Waals surface area contributed by atoms with Crippen LogP contribution in [0.5, 0.6) is 46.0 Å². The zero-order valence-corrected chi connectivity index (χ0v) is 64.6. The highest BCUT2D eigenvalue weighted by Gasteiger charge is 2.43. The van der Waals surface area contributed by atoms with E-state index in [9.17, 15) is 0 Å². The number of hydrogen-bond acceptors (Lipinski definition) is 14. The van der Waals surface area contributed by atoms with Gasteiger partial charge in [0.15, 0.2) is 0 Å². The van der Waals surface area contributed by atoms with Gasteiger partial charge < -0.3 is 37.9 Å². The fraction of sp³-hybridized carbons (Fsp3) is 0.273. The van der Waals surface area contributed by atoms with E-state index in [2.05, 4.69) is 208 Å². The van der Waals surface area contributed by atoms with Crippen molar-refractivity contribution in [3.05, 3.63) is 233 Å². The molecule has 0 fully saturated rings. The third-order valence-corrected chi connectivity index (χ3v) is 27.9. The Morgan fingerprint density at radius 2 is 0.608 bits per heavy atom. The summed E-state index contributed by atoms with van der Waals surface area (Å²) in [4.78, 5) is 14.3. The van der Waals surface area contributed by atoms with Crippen LogP contribution >= 0.6 is 68.0 Å². The van der Waals surface area contributed by atoms with Crippen LogP contribution in [0.2, 0.25) is 0 Å².